The molecule has 80 valence electrons. The summed E-state index contributed by atoms with van der Waals surface area (Å²) in [6.45, 7) is 1.31. The quantitative estimate of drug-likeness (QED) is 0.506. The Kier molecular flexibility index (Phi) is 4.18. The Bertz CT molecular complexity index is 214. The lowest BCUT2D eigenvalue weighted by Gasteiger charge is -2.10. The zero-order valence-corrected chi connectivity index (χ0v) is 7.91. The Morgan fingerprint density at radius 1 is 1.57 bits per heavy atom. The van der Waals surface area contributed by atoms with E-state index in [1.807, 2.05) is 0 Å². The highest BCUT2D eigenvalue weighted by molar-refractivity contribution is 5.81. The molecule has 0 aromatic carbocycles. The topological polar surface area (TPSA) is 93.5 Å². The molecular formula is C8H15N3O3. The Balaban J connectivity index is 2.05. The summed E-state index contributed by atoms with van der Waals surface area (Å²) < 4.78 is 4.46. The minimum absolute atomic E-state index is 0.0458. The van der Waals surface area contributed by atoms with E-state index < -0.39 is 6.09 Å². The lowest BCUT2D eigenvalue weighted by Crippen LogP contribution is -2.41. The van der Waals surface area contributed by atoms with Gasteiger partial charge in [0.2, 0.25) is 5.91 Å². The molecule has 1 heterocycles. The third-order valence-electron chi connectivity index (χ3n) is 2.02. The van der Waals surface area contributed by atoms with E-state index in [4.69, 9.17) is 5.73 Å². The fourth-order valence-electron chi connectivity index (χ4n) is 1.36. The van der Waals surface area contributed by atoms with Crippen LogP contribution in [-0.4, -0.2) is 37.7 Å². The minimum Gasteiger partial charge on any atom is -0.448 e. The number of hydrogen-bond acceptors (Lipinski definition) is 4. The van der Waals surface area contributed by atoms with Crippen LogP contribution in [-0.2, 0) is 9.53 Å². The summed E-state index contributed by atoms with van der Waals surface area (Å²) in [4.78, 5) is 21.5. The van der Waals surface area contributed by atoms with E-state index in [2.05, 4.69) is 15.4 Å². The second-order valence-corrected chi connectivity index (χ2v) is 3.11. The lowest BCUT2D eigenvalue weighted by atomic mass is 10.2. The Morgan fingerprint density at radius 2 is 2.36 bits per heavy atom. The summed E-state index contributed by atoms with van der Waals surface area (Å²) in [6, 6.07) is -0.0939. The van der Waals surface area contributed by atoms with Gasteiger partial charge in [0.05, 0.1) is 12.6 Å². The van der Waals surface area contributed by atoms with Crippen LogP contribution in [0.25, 0.3) is 0 Å². The maximum Gasteiger partial charge on any atom is 0.404 e. The average Bonchev–Trinajstić information content (AvgIpc) is 2.64. The van der Waals surface area contributed by atoms with Gasteiger partial charge in [0.1, 0.15) is 6.61 Å². The lowest BCUT2D eigenvalue weighted by molar-refractivity contribution is -0.122. The predicted molar refractivity (Wildman–Crippen MR) is 49.6 cm³/mol. The molecule has 0 saturated carbocycles. The first-order chi connectivity index (χ1) is 6.70. The highest BCUT2D eigenvalue weighted by atomic mass is 16.5. The molecule has 1 atom stereocenters. The van der Waals surface area contributed by atoms with E-state index in [-0.39, 0.29) is 18.6 Å². The van der Waals surface area contributed by atoms with Gasteiger partial charge in [-0.3, -0.25) is 4.79 Å². The molecule has 0 unspecified atom stereocenters. The number of carbonyl (C=O) groups excluding carboxylic acids is 2. The van der Waals surface area contributed by atoms with E-state index in [9.17, 15) is 9.59 Å². The number of amides is 2. The highest BCUT2D eigenvalue weighted by Gasteiger charge is 2.21. The smallest absolute Gasteiger partial charge is 0.404 e. The number of primary amides is 1. The molecule has 0 aliphatic carbocycles. The summed E-state index contributed by atoms with van der Waals surface area (Å²) in [5.41, 5.74) is 4.75. The van der Waals surface area contributed by atoms with E-state index in [0.29, 0.717) is 6.54 Å². The van der Waals surface area contributed by atoms with E-state index in [0.717, 1.165) is 19.4 Å². The molecule has 1 fully saturated rings. The molecule has 0 radical (unpaired) electrons. The van der Waals surface area contributed by atoms with Gasteiger partial charge in [0, 0.05) is 0 Å². The fourth-order valence-corrected chi connectivity index (χ4v) is 1.36. The summed E-state index contributed by atoms with van der Waals surface area (Å²) in [5.74, 6) is -0.0458. The van der Waals surface area contributed by atoms with Crippen molar-refractivity contribution in [3.8, 4) is 0 Å². The van der Waals surface area contributed by atoms with Crippen LogP contribution in [0.4, 0.5) is 4.79 Å². The molecule has 0 aromatic heterocycles. The van der Waals surface area contributed by atoms with Crippen molar-refractivity contribution >= 4 is 12.0 Å². The molecule has 0 spiro atoms. The van der Waals surface area contributed by atoms with Gasteiger partial charge in [-0.1, -0.05) is 0 Å². The average molecular weight is 201 g/mol. The number of rotatable bonds is 4. The van der Waals surface area contributed by atoms with E-state index in [1.54, 1.807) is 0 Å². The largest absolute Gasteiger partial charge is 0.448 e. The second-order valence-electron chi connectivity index (χ2n) is 3.11. The summed E-state index contributed by atoms with van der Waals surface area (Å²) in [6.07, 6.45) is 1.07. The van der Waals surface area contributed by atoms with Crippen LogP contribution in [0.3, 0.4) is 0 Å². The van der Waals surface area contributed by atoms with Crippen LogP contribution < -0.4 is 16.4 Å². The number of ether oxygens (including phenoxy) is 1. The van der Waals surface area contributed by atoms with Crippen molar-refractivity contribution in [2.45, 2.75) is 18.9 Å². The minimum atomic E-state index is -0.821. The van der Waals surface area contributed by atoms with Crippen LogP contribution in [0.1, 0.15) is 12.8 Å². The predicted octanol–water partition coefficient (Wildman–Crippen LogP) is -1.05. The molecule has 4 N–H and O–H groups in total. The molecule has 0 aromatic rings. The summed E-state index contributed by atoms with van der Waals surface area (Å²) in [7, 11) is 0. The molecule has 6 nitrogen and oxygen atoms in total. The Hall–Kier alpha value is -1.30. The van der Waals surface area contributed by atoms with Crippen LogP contribution in [0.2, 0.25) is 0 Å². The van der Waals surface area contributed by atoms with E-state index >= 15 is 0 Å². The van der Waals surface area contributed by atoms with Gasteiger partial charge >= 0.3 is 6.09 Å². The zero-order valence-electron chi connectivity index (χ0n) is 7.91. The monoisotopic (exact) mass is 201 g/mol. The van der Waals surface area contributed by atoms with Crippen LogP contribution in [0, 0.1) is 0 Å². The molecule has 1 aliphatic rings. The highest BCUT2D eigenvalue weighted by Crippen LogP contribution is 2.03. The first-order valence-electron chi connectivity index (χ1n) is 4.63. The van der Waals surface area contributed by atoms with Crippen molar-refractivity contribution in [1.29, 1.82) is 0 Å². The van der Waals surface area contributed by atoms with Crippen LogP contribution in [0.5, 0.6) is 0 Å². The molecule has 1 aliphatic heterocycles. The first-order valence-corrected chi connectivity index (χ1v) is 4.63. The van der Waals surface area contributed by atoms with Crippen molar-refractivity contribution in [2.24, 2.45) is 5.73 Å². The van der Waals surface area contributed by atoms with Crippen molar-refractivity contribution in [3.63, 3.8) is 0 Å². The molecule has 1 saturated heterocycles. The number of nitrogens with one attached hydrogen (secondary N) is 2. The number of carbonyl (C=O) groups is 2. The molecule has 14 heavy (non-hydrogen) atoms. The third-order valence-corrected chi connectivity index (χ3v) is 2.02. The SMILES string of the molecule is NC(=O)OCCNC(=O)[C@@H]1CCCN1. The van der Waals surface area contributed by atoms with Crippen LogP contribution in [0.15, 0.2) is 0 Å². The fraction of sp³-hybridized carbons (Fsp3) is 0.750. The number of hydrogen-bond donors (Lipinski definition) is 3. The van der Waals surface area contributed by atoms with Gasteiger partial charge in [-0.2, -0.15) is 0 Å². The van der Waals surface area contributed by atoms with Gasteiger partial charge in [-0.25, -0.2) is 4.79 Å². The first kappa shape index (κ1) is 10.8. The maximum atomic E-state index is 11.3. The zero-order chi connectivity index (χ0) is 10.4. The van der Waals surface area contributed by atoms with Crippen molar-refractivity contribution in [2.75, 3.05) is 19.7 Å². The normalized spacial score (nSPS) is 20.4. The van der Waals surface area contributed by atoms with Crippen LogP contribution >= 0.6 is 0 Å². The second kappa shape index (κ2) is 5.43. The van der Waals surface area contributed by atoms with Gasteiger partial charge in [0.25, 0.3) is 0 Å². The standard InChI is InChI=1S/C8H15N3O3/c9-8(13)14-5-4-11-7(12)6-2-1-3-10-6/h6,10H,1-5H2,(H2,9,13)(H,11,12)/t6-/m0/s1. The van der Waals surface area contributed by atoms with Gasteiger partial charge in [-0.15, -0.1) is 0 Å². The molecule has 1 rings (SSSR count). The Labute approximate surface area is 82.2 Å². The molecule has 0 bridgehead atoms. The molecule has 2 amide bonds. The van der Waals surface area contributed by atoms with Gasteiger partial charge in [-0.05, 0) is 19.4 Å². The molecular weight excluding hydrogens is 186 g/mol. The van der Waals surface area contributed by atoms with Gasteiger partial charge in [0.15, 0.2) is 0 Å². The summed E-state index contributed by atoms with van der Waals surface area (Å²) >= 11 is 0. The van der Waals surface area contributed by atoms with Gasteiger partial charge < -0.3 is 21.1 Å². The third kappa shape index (κ3) is 3.61. The molecule has 6 heteroatoms. The Morgan fingerprint density at radius 3 is 2.93 bits per heavy atom. The van der Waals surface area contributed by atoms with Crippen molar-refractivity contribution < 1.29 is 14.3 Å². The van der Waals surface area contributed by atoms with Crippen molar-refractivity contribution in [1.82, 2.24) is 10.6 Å². The summed E-state index contributed by atoms with van der Waals surface area (Å²) in [5, 5.41) is 5.71. The van der Waals surface area contributed by atoms with E-state index in [1.165, 1.54) is 0 Å². The number of nitrogens with two attached hydrogens (primary N) is 1. The van der Waals surface area contributed by atoms with Crippen molar-refractivity contribution in [3.05, 3.63) is 0 Å². The maximum absolute atomic E-state index is 11.3.